The molecule has 2 aromatic rings. The molecule has 0 aliphatic carbocycles. The largest absolute Gasteiger partial charge is 0.481 e. The smallest absolute Gasteiger partial charge is 0.309 e. The van der Waals surface area contributed by atoms with Crippen LogP contribution in [0, 0.1) is 0 Å². The van der Waals surface area contributed by atoms with E-state index in [1.807, 2.05) is 18.4 Å². The predicted octanol–water partition coefficient (Wildman–Crippen LogP) is 2.86. The molecule has 0 aliphatic heterocycles. The molecule has 0 spiro atoms. The van der Waals surface area contributed by atoms with E-state index in [2.05, 4.69) is 0 Å². The molecule has 1 heterocycles. The molecule has 0 atom stereocenters. The van der Waals surface area contributed by atoms with Gasteiger partial charge in [0.1, 0.15) is 0 Å². The number of carbonyl (C=O) groups is 1. The Bertz CT molecular complexity index is 704. The number of nitrogens with zero attached hydrogens (tertiary/aromatic N) is 1. The molecule has 19 heavy (non-hydrogen) atoms. The monoisotopic (exact) mass is 279 g/mol. The summed E-state index contributed by atoms with van der Waals surface area (Å²) in [5.41, 5.74) is 0.980. The van der Waals surface area contributed by atoms with Crippen LogP contribution in [0.15, 0.2) is 29.1 Å². The van der Waals surface area contributed by atoms with Crippen molar-refractivity contribution in [3.8, 4) is 0 Å². The molecule has 0 radical (unpaired) electrons. The maximum Gasteiger partial charge on any atom is 0.309 e. The van der Waals surface area contributed by atoms with E-state index >= 15 is 0 Å². The average Bonchev–Trinajstić information content (AvgIpc) is 2.26. The van der Waals surface area contributed by atoms with Crippen molar-refractivity contribution < 1.29 is 9.90 Å². The van der Waals surface area contributed by atoms with Crippen molar-refractivity contribution in [1.82, 2.24) is 4.57 Å². The molecule has 0 unspecified atom stereocenters. The van der Waals surface area contributed by atoms with E-state index in [0.717, 1.165) is 0 Å². The topological polar surface area (TPSA) is 59.3 Å². The third kappa shape index (κ3) is 2.63. The summed E-state index contributed by atoms with van der Waals surface area (Å²) in [6, 6.07) is 6.46. The van der Waals surface area contributed by atoms with Gasteiger partial charge in [0, 0.05) is 28.2 Å². The molecule has 1 aromatic heterocycles. The molecule has 0 fully saturated rings. The van der Waals surface area contributed by atoms with E-state index in [1.54, 1.807) is 18.2 Å². The van der Waals surface area contributed by atoms with Crippen LogP contribution in [0.25, 0.3) is 10.9 Å². The number of hydrogen-bond acceptors (Lipinski definition) is 2. The first-order valence-electron chi connectivity index (χ1n) is 5.95. The molecular weight excluding hydrogens is 266 g/mol. The summed E-state index contributed by atoms with van der Waals surface area (Å²) in [5, 5.41) is 10.0. The Balaban J connectivity index is 2.86. The van der Waals surface area contributed by atoms with Gasteiger partial charge < -0.3 is 9.67 Å². The number of aliphatic carboxylic acids is 1. The molecular formula is C14H14ClNO3. The summed E-state index contributed by atoms with van der Waals surface area (Å²) in [5.74, 6) is -0.963. The number of fused-ring (bicyclic) bond motifs is 1. The Hall–Kier alpha value is -1.81. The van der Waals surface area contributed by atoms with Gasteiger partial charge in [-0.05, 0) is 32.0 Å². The Morgan fingerprint density at radius 2 is 2.05 bits per heavy atom. The van der Waals surface area contributed by atoms with Crippen molar-refractivity contribution in [3.05, 3.63) is 45.2 Å². The van der Waals surface area contributed by atoms with Gasteiger partial charge in [0.2, 0.25) is 0 Å². The first-order chi connectivity index (χ1) is 8.90. The fourth-order valence-electron chi connectivity index (χ4n) is 2.27. The number of hydrogen-bond donors (Lipinski definition) is 1. The van der Waals surface area contributed by atoms with Gasteiger partial charge in [-0.25, -0.2) is 0 Å². The van der Waals surface area contributed by atoms with Crippen LogP contribution >= 0.6 is 11.6 Å². The van der Waals surface area contributed by atoms with Crippen molar-refractivity contribution >= 4 is 28.5 Å². The third-order valence-corrected chi connectivity index (χ3v) is 3.18. The summed E-state index contributed by atoms with van der Waals surface area (Å²) in [4.78, 5) is 22.9. The Morgan fingerprint density at radius 1 is 1.37 bits per heavy atom. The maximum absolute atomic E-state index is 12.0. The van der Waals surface area contributed by atoms with Gasteiger partial charge in [-0.15, -0.1) is 0 Å². The van der Waals surface area contributed by atoms with Crippen LogP contribution in [0.4, 0.5) is 0 Å². The number of aromatic nitrogens is 1. The Kier molecular flexibility index (Phi) is 3.62. The number of halogens is 1. The standard InChI is InChI=1S/C14H14ClNO3/c1-8(2)16-10(7-14(18)19)6-13(17)11-4-3-9(15)5-12(11)16/h3-6,8H,7H2,1-2H3,(H,18,19). The minimum Gasteiger partial charge on any atom is -0.481 e. The second-order valence-electron chi connectivity index (χ2n) is 4.70. The number of pyridine rings is 1. The zero-order chi connectivity index (χ0) is 14.2. The van der Waals surface area contributed by atoms with Gasteiger partial charge >= 0.3 is 5.97 Å². The lowest BCUT2D eigenvalue weighted by atomic mass is 10.1. The van der Waals surface area contributed by atoms with Crippen molar-refractivity contribution in [1.29, 1.82) is 0 Å². The fourth-order valence-corrected chi connectivity index (χ4v) is 2.43. The third-order valence-electron chi connectivity index (χ3n) is 2.94. The van der Waals surface area contributed by atoms with Crippen LogP contribution in [0.2, 0.25) is 5.02 Å². The lowest BCUT2D eigenvalue weighted by Crippen LogP contribution is -2.18. The van der Waals surface area contributed by atoms with Gasteiger partial charge in [-0.3, -0.25) is 9.59 Å². The summed E-state index contributed by atoms with van der Waals surface area (Å²) < 4.78 is 1.84. The van der Waals surface area contributed by atoms with E-state index in [1.165, 1.54) is 6.07 Å². The summed E-state index contributed by atoms with van der Waals surface area (Å²) in [7, 11) is 0. The molecule has 0 amide bonds. The number of carboxylic acids is 1. The van der Waals surface area contributed by atoms with Gasteiger partial charge in [-0.2, -0.15) is 0 Å². The Morgan fingerprint density at radius 3 is 2.63 bits per heavy atom. The van der Waals surface area contributed by atoms with Gasteiger partial charge in [0.05, 0.1) is 11.9 Å². The highest BCUT2D eigenvalue weighted by atomic mass is 35.5. The summed E-state index contributed by atoms with van der Waals surface area (Å²) in [6.07, 6.45) is -0.185. The first kappa shape index (κ1) is 13.6. The summed E-state index contributed by atoms with van der Waals surface area (Å²) in [6.45, 7) is 3.88. The van der Waals surface area contributed by atoms with Crippen LogP contribution in [0.5, 0.6) is 0 Å². The van der Waals surface area contributed by atoms with Crippen LogP contribution in [-0.4, -0.2) is 15.6 Å². The SMILES string of the molecule is CC(C)n1c(CC(=O)O)cc(=O)c2ccc(Cl)cc21. The van der Waals surface area contributed by atoms with Gasteiger partial charge in [-0.1, -0.05) is 11.6 Å². The van der Waals surface area contributed by atoms with Crippen molar-refractivity contribution in [2.24, 2.45) is 0 Å². The van der Waals surface area contributed by atoms with E-state index < -0.39 is 5.97 Å². The minimum atomic E-state index is -0.963. The average molecular weight is 280 g/mol. The number of carboxylic acid groups (broad SMARTS) is 1. The normalized spacial score (nSPS) is 11.2. The molecule has 100 valence electrons. The molecule has 4 nitrogen and oxygen atoms in total. The fraction of sp³-hybridized carbons (Fsp3) is 0.286. The van der Waals surface area contributed by atoms with Gasteiger partial charge in [0.25, 0.3) is 0 Å². The Labute approximate surface area is 115 Å². The van der Waals surface area contributed by atoms with Crippen molar-refractivity contribution in [2.75, 3.05) is 0 Å². The van der Waals surface area contributed by atoms with E-state index in [4.69, 9.17) is 16.7 Å². The number of rotatable bonds is 3. The van der Waals surface area contributed by atoms with E-state index in [0.29, 0.717) is 21.6 Å². The van der Waals surface area contributed by atoms with Crippen LogP contribution in [-0.2, 0) is 11.2 Å². The van der Waals surface area contributed by atoms with Crippen molar-refractivity contribution in [2.45, 2.75) is 26.3 Å². The highest BCUT2D eigenvalue weighted by Gasteiger charge is 2.14. The molecule has 2 rings (SSSR count). The second kappa shape index (κ2) is 5.05. The van der Waals surface area contributed by atoms with E-state index in [9.17, 15) is 9.59 Å². The van der Waals surface area contributed by atoms with Crippen LogP contribution < -0.4 is 5.43 Å². The predicted molar refractivity (Wildman–Crippen MR) is 74.9 cm³/mol. The quantitative estimate of drug-likeness (QED) is 0.940. The molecule has 0 saturated carbocycles. The van der Waals surface area contributed by atoms with Crippen LogP contribution in [0.3, 0.4) is 0 Å². The molecule has 0 bridgehead atoms. The maximum atomic E-state index is 12.0. The molecule has 1 N–H and O–H groups in total. The van der Waals surface area contributed by atoms with E-state index in [-0.39, 0.29) is 17.9 Å². The zero-order valence-electron chi connectivity index (χ0n) is 10.7. The number of benzene rings is 1. The lowest BCUT2D eigenvalue weighted by Gasteiger charge is -2.19. The second-order valence-corrected chi connectivity index (χ2v) is 5.13. The van der Waals surface area contributed by atoms with Crippen molar-refractivity contribution in [3.63, 3.8) is 0 Å². The first-order valence-corrected chi connectivity index (χ1v) is 6.33. The summed E-state index contributed by atoms with van der Waals surface area (Å²) >= 11 is 5.97. The molecule has 5 heteroatoms. The zero-order valence-corrected chi connectivity index (χ0v) is 11.4. The minimum absolute atomic E-state index is 0.0379. The molecule has 0 saturated heterocycles. The van der Waals surface area contributed by atoms with Gasteiger partial charge in [0.15, 0.2) is 5.43 Å². The molecule has 0 aliphatic rings. The van der Waals surface area contributed by atoms with Crippen LogP contribution in [0.1, 0.15) is 25.6 Å². The highest BCUT2D eigenvalue weighted by Crippen LogP contribution is 2.22. The highest BCUT2D eigenvalue weighted by molar-refractivity contribution is 6.31. The lowest BCUT2D eigenvalue weighted by molar-refractivity contribution is -0.136. The molecule has 1 aromatic carbocycles.